The van der Waals surface area contributed by atoms with E-state index in [4.69, 9.17) is 21.0 Å². The van der Waals surface area contributed by atoms with Gasteiger partial charge in [0.25, 0.3) is 0 Å². The molecule has 6 N–H and O–H groups in total. The summed E-state index contributed by atoms with van der Waals surface area (Å²) in [5, 5.41) is 28.1. The number of likely N-dealkylation sites (N-methyl/N-ethyl adjacent to an activating group) is 1. The molecule has 1 aromatic carbocycles. The van der Waals surface area contributed by atoms with E-state index in [0.717, 1.165) is 17.4 Å². The lowest BCUT2D eigenvalue weighted by Gasteiger charge is -2.28. The number of ether oxygens (including phenoxy) is 1. The Hall–Kier alpha value is -4.00. The molecule has 1 saturated carbocycles. The number of carboxylic acids is 2. The fourth-order valence-corrected chi connectivity index (χ4v) is 4.16. The molecule has 3 rings (SSSR count). The van der Waals surface area contributed by atoms with Crippen molar-refractivity contribution >= 4 is 46.0 Å². The first-order valence-corrected chi connectivity index (χ1v) is 10.7. The van der Waals surface area contributed by atoms with E-state index in [-0.39, 0.29) is 22.0 Å². The average molecular weight is 492 g/mol. The molecule has 11 nitrogen and oxygen atoms in total. The summed E-state index contributed by atoms with van der Waals surface area (Å²) < 4.78 is 19.2. The SMILES string of the molecule is CN(c1ccc(C(=O)Oc2ccc(C(=N)N)cc2F)s1)C1(C(=O)N[C@@H](CC(=O)O)C(=O)O)CC1. The van der Waals surface area contributed by atoms with Crippen molar-refractivity contribution in [2.45, 2.75) is 30.8 Å². The predicted octanol–water partition coefficient (Wildman–Crippen LogP) is 1.40. The van der Waals surface area contributed by atoms with Crippen molar-refractivity contribution < 1.29 is 38.5 Å². The van der Waals surface area contributed by atoms with Crippen LogP contribution in [0.3, 0.4) is 0 Å². The number of halogens is 1. The smallest absolute Gasteiger partial charge is 0.353 e. The Bertz CT molecular complexity index is 1180. The summed E-state index contributed by atoms with van der Waals surface area (Å²) in [5.41, 5.74) is 4.36. The summed E-state index contributed by atoms with van der Waals surface area (Å²) in [4.78, 5) is 49.1. The summed E-state index contributed by atoms with van der Waals surface area (Å²) in [6.45, 7) is 0. The molecule has 34 heavy (non-hydrogen) atoms. The number of anilines is 1. The van der Waals surface area contributed by atoms with Crippen LogP contribution in [0, 0.1) is 11.2 Å². The van der Waals surface area contributed by atoms with Crippen molar-refractivity contribution in [1.82, 2.24) is 5.32 Å². The molecule has 1 atom stereocenters. The zero-order valence-electron chi connectivity index (χ0n) is 17.8. The molecule has 1 aliphatic rings. The molecule has 180 valence electrons. The molecule has 0 spiro atoms. The van der Waals surface area contributed by atoms with E-state index < -0.39 is 47.6 Å². The van der Waals surface area contributed by atoms with Gasteiger partial charge in [-0.2, -0.15) is 0 Å². The third-order valence-electron chi connectivity index (χ3n) is 5.34. The third kappa shape index (κ3) is 5.14. The first-order valence-electron chi connectivity index (χ1n) is 9.90. The van der Waals surface area contributed by atoms with Gasteiger partial charge in [0.05, 0.1) is 11.4 Å². The summed E-state index contributed by atoms with van der Waals surface area (Å²) in [5.74, 6) is -5.82. The van der Waals surface area contributed by atoms with E-state index >= 15 is 0 Å². The van der Waals surface area contributed by atoms with Crippen molar-refractivity contribution in [2.75, 3.05) is 11.9 Å². The largest absolute Gasteiger partial charge is 0.481 e. The molecule has 13 heteroatoms. The number of nitrogens with one attached hydrogen (secondary N) is 2. The monoisotopic (exact) mass is 492 g/mol. The highest BCUT2D eigenvalue weighted by atomic mass is 32.1. The zero-order valence-corrected chi connectivity index (χ0v) is 18.6. The molecule has 1 aromatic heterocycles. The fraction of sp³-hybridized carbons (Fsp3) is 0.286. The van der Waals surface area contributed by atoms with Crippen molar-refractivity contribution in [3.63, 3.8) is 0 Å². The number of amidine groups is 1. The minimum atomic E-state index is -1.57. The van der Waals surface area contributed by atoms with Crippen LogP contribution in [0.2, 0.25) is 0 Å². The maximum absolute atomic E-state index is 14.2. The van der Waals surface area contributed by atoms with Gasteiger partial charge in [-0.15, -0.1) is 11.3 Å². The van der Waals surface area contributed by atoms with Gasteiger partial charge >= 0.3 is 17.9 Å². The van der Waals surface area contributed by atoms with Crippen LogP contribution in [0.15, 0.2) is 30.3 Å². The first-order chi connectivity index (χ1) is 15.9. The van der Waals surface area contributed by atoms with Gasteiger partial charge in [-0.25, -0.2) is 14.0 Å². The van der Waals surface area contributed by atoms with Gasteiger partial charge < -0.3 is 30.9 Å². The minimum absolute atomic E-state index is 0.127. The second-order valence-corrected chi connectivity index (χ2v) is 8.70. The van der Waals surface area contributed by atoms with E-state index in [9.17, 15) is 28.7 Å². The number of nitrogen functional groups attached to an aromatic ring is 1. The van der Waals surface area contributed by atoms with Crippen molar-refractivity contribution in [2.24, 2.45) is 5.73 Å². The van der Waals surface area contributed by atoms with Crippen LogP contribution < -0.4 is 20.7 Å². The lowest BCUT2D eigenvalue weighted by molar-refractivity contribution is -0.147. The highest BCUT2D eigenvalue weighted by molar-refractivity contribution is 7.17. The normalized spacial score (nSPS) is 14.5. The Morgan fingerprint density at radius 2 is 1.94 bits per heavy atom. The van der Waals surface area contributed by atoms with E-state index in [1.165, 1.54) is 18.2 Å². The average Bonchev–Trinajstić information content (AvgIpc) is 3.43. The van der Waals surface area contributed by atoms with Crippen molar-refractivity contribution in [3.05, 3.63) is 46.6 Å². The van der Waals surface area contributed by atoms with Crippen LogP contribution in [0.4, 0.5) is 9.39 Å². The number of carbonyl (C=O) groups excluding carboxylic acids is 2. The lowest BCUT2D eigenvalue weighted by atomic mass is 10.1. The molecule has 1 amide bonds. The maximum Gasteiger partial charge on any atom is 0.353 e. The van der Waals surface area contributed by atoms with Gasteiger partial charge in [-0.3, -0.25) is 15.0 Å². The van der Waals surface area contributed by atoms with Gasteiger partial charge in [-0.1, -0.05) is 0 Å². The second kappa shape index (κ2) is 9.47. The molecule has 1 aliphatic carbocycles. The number of aliphatic carboxylic acids is 2. The Morgan fingerprint density at radius 3 is 2.47 bits per heavy atom. The van der Waals surface area contributed by atoms with E-state index in [1.807, 2.05) is 0 Å². The van der Waals surface area contributed by atoms with Crippen LogP contribution in [-0.4, -0.2) is 58.5 Å². The molecule has 1 fully saturated rings. The molecule has 0 bridgehead atoms. The number of hydrogen-bond acceptors (Lipinski definition) is 8. The third-order valence-corrected chi connectivity index (χ3v) is 6.48. The van der Waals surface area contributed by atoms with Gasteiger partial charge in [0, 0.05) is 12.6 Å². The van der Waals surface area contributed by atoms with Crippen LogP contribution in [-0.2, 0) is 14.4 Å². The van der Waals surface area contributed by atoms with Gasteiger partial charge in [0.1, 0.15) is 22.3 Å². The number of nitrogens with two attached hydrogens (primary N) is 1. The van der Waals surface area contributed by atoms with Crippen molar-refractivity contribution in [3.8, 4) is 5.75 Å². The number of rotatable bonds is 10. The summed E-state index contributed by atoms with van der Waals surface area (Å²) in [6, 6.07) is 4.93. The molecule has 0 radical (unpaired) electrons. The number of hydrogen-bond donors (Lipinski definition) is 5. The van der Waals surface area contributed by atoms with E-state index in [2.05, 4.69) is 5.32 Å². The quantitative estimate of drug-likeness (QED) is 0.142. The van der Waals surface area contributed by atoms with Crippen molar-refractivity contribution in [1.29, 1.82) is 5.41 Å². The minimum Gasteiger partial charge on any atom is -0.481 e. The zero-order chi connectivity index (χ0) is 25.2. The van der Waals surface area contributed by atoms with Gasteiger partial charge in [0.2, 0.25) is 5.91 Å². The van der Waals surface area contributed by atoms with Gasteiger partial charge in [0.15, 0.2) is 11.6 Å². The number of benzene rings is 1. The van der Waals surface area contributed by atoms with Crippen LogP contribution in [0.5, 0.6) is 5.75 Å². The van der Waals surface area contributed by atoms with Crippen LogP contribution in [0.1, 0.15) is 34.5 Å². The van der Waals surface area contributed by atoms with E-state index in [1.54, 1.807) is 18.0 Å². The molecule has 0 saturated heterocycles. The Labute approximate surface area is 196 Å². The first kappa shape index (κ1) is 24.6. The fourth-order valence-electron chi connectivity index (χ4n) is 3.23. The summed E-state index contributed by atoms with van der Waals surface area (Å²) in [6.07, 6.45) is 0.0417. The maximum atomic E-state index is 14.2. The number of amides is 1. The predicted molar refractivity (Wildman–Crippen MR) is 119 cm³/mol. The Balaban J connectivity index is 1.71. The van der Waals surface area contributed by atoms with E-state index in [0.29, 0.717) is 17.8 Å². The highest BCUT2D eigenvalue weighted by Crippen LogP contribution is 2.45. The summed E-state index contributed by atoms with van der Waals surface area (Å²) >= 11 is 0.987. The molecule has 0 unspecified atom stereocenters. The Kier molecular flexibility index (Phi) is 6.86. The molecule has 0 aliphatic heterocycles. The molecule has 2 aromatic rings. The topological polar surface area (TPSA) is 183 Å². The number of carboxylic acid groups (broad SMARTS) is 2. The van der Waals surface area contributed by atoms with Crippen LogP contribution in [0.25, 0.3) is 0 Å². The Morgan fingerprint density at radius 1 is 1.26 bits per heavy atom. The highest BCUT2D eigenvalue weighted by Gasteiger charge is 2.54. The number of esters is 1. The number of carbonyl (C=O) groups is 4. The molecular weight excluding hydrogens is 471 g/mol. The second-order valence-electron chi connectivity index (χ2n) is 7.64. The number of nitrogens with zero attached hydrogens (tertiary/aromatic N) is 1. The lowest BCUT2D eigenvalue weighted by Crippen LogP contribution is -2.53. The standard InChI is InChI=1S/C21H21FN4O7S/c1-26(21(6-7-21)20(32)25-12(18(29)30)9-16(27)28)15-5-4-14(34-15)19(31)33-13-3-2-10(17(23)24)8-11(13)22/h2-5,8,12H,6-7,9H2,1H3,(H3,23,24)(H,25,32)(H,27,28)(H,29,30)/t12-/m0/s1. The molecular formula is C21H21FN4O7S. The summed E-state index contributed by atoms with van der Waals surface area (Å²) in [7, 11) is 1.60. The van der Waals surface area contributed by atoms with Crippen LogP contribution >= 0.6 is 11.3 Å². The molecule has 1 heterocycles. The number of thiophene rings is 1. The van der Waals surface area contributed by atoms with Gasteiger partial charge in [-0.05, 0) is 43.2 Å².